The van der Waals surface area contributed by atoms with Crippen LogP contribution in [0, 0.1) is 5.41 Å². The highest BCUT2D eigenvalue weighted by Gasteiger charge is 2.39. The van der Waals surface area contributed by atoms with E-state index in [9.17, 15) is 9.59 Å². The van der Waals surface area contributed by atoms with E-state index in [4.69, 9.17) is 27.9 Å². The summed E-state index contributed by atoms with van der Waals surface area (Å²) in [5.74, 6) is -0.288. The predicted octanol–water partition coefficient (Wildman–Crippen LogP) is 4.08. The molecule has 184 valence electrons. The van der Waals surface area contributed by atoms with Gasteiger partial charge in [0.05, 0.1) is 13.0 Å². The standard InChI is InChI=1S/C24H26Cl2N6O3/c1-24(2,3)13-32-18-9-8-14(25)10-16(18)22(15-6-4-5-7-17(15)26)35-19(23(32)34)11-21(33)27-12-20-28-30-31-29-20/h4-10,19,22H,11-13H2,1-3H3,(H,27,33)(H,28,29,30,31). The molecule has 1 aromatic heterocycles. The fourth-order valence-corrected chi connectivity index (χ4v) is 4.36. The lowest BCUT2D eigenvalue weighted by Gasteiger charge is -2.31. The summed E-state index contributed by atoms with van der Waals surface area (Å²) in [6.07, 6.45) is -1.95. The number of benzene rings is 2. The van der Waals surface area contributed by atoms with E-state index in [2.05, 4.69) is 25.9 Å². The number of aromatic nitrogens is 4. The van der Waals surface area contributed by atoms with Crippen molar-refractivity contribution in [2.45, 2.75) is 45.9 Å². The smallest absolute Gasteiger partial charge is 0.256 e. The van der Waals surface area contributed by atoms with Crippen molar-refractivity contribution in [1.82, 2.24) is 25.9 Å². The zero-order valence-electron chi connectivity index (χ0n) is 19.6. The number of anilines is 1. The van der Waals surface area contributed by atoms with E-state index in [1.54, 1.807) is 23.1 Å². The molecular weight excluding hydrogens is 491 g/mol. The van der Waals surface area contributed by atoms with Gasteiger partial charge >= 0.3 is 0 Å². The summed E-state index contributed by atoms with van der Waals surface area (Å²) in [6.45, 7) is 6.64. The number of nitrogens with zero attached hydrogens (tertiary/aromatic N) is 4. The molecule has 1 aliphatic heterocycles. The van der Waals surface area contributed by atoms with Crippen molar-refractivity contribution in [3.63, 3.8) is 0 Å². The quantitative estimate of drug-likeness (QED) is 0.510. The van der Waals surface area contributed by atoms with E-state index in [0.29, 0.717) is 39.2 Å². The number of hydrogen-bond acceptors (Lipinski definition) is 6. The second kappa shape index (κ2) is 10.3. The Bertz CT molecular complexity index is 1210. The molecule has 0 radical (unpaired) electrons. The first-order chi connectivity index (χ1) is 16.6. The molecule has 2 aromatic carbocycles. The Hall–Kier alpha value is -3.01. The number of ether oxygens (including phenoxy) is 1. The molecular formula is C24H26Cl2N6O3. The number of carbonyl (C=O) groups is 2. The lowest BCUT2D eigenvalue weighted by Crippen LogP contribution is -2.45. The summed E-state index contributed by atoms with van der Waals surface area (Å²) >= 11 is 12.9. The molecule has 0 fully saturated rings. The Morgan fingerprint density at radius 1 is 1.17 bits per heavy atom. The van der Waals surface area contributed by atoms with Crippen LogP contribution in [0.1, 0.15) is 50.2 Å². The van der Waals surface area contributed by atoms with Gasteiger partial charge in [0.15, 0.2) is 5.82 Å². The van der Waals surface area contributed by atoms with Gasteiger partial charge in [0.2, 0.25) is 5.91 Å². The minimum atomic E-state index is -1.06. The summed E-state index contributed by atoms with van der Waals surface area (Å²) in [4.78, 5) is 28.3. The second-order valence-electron chi connectivity index (χ2n) is 9.54. The Morgan fingerprint density at radius 3 is 2.63 bits per heavy atom. The first kappa shape index (κ1) is 25.1. The van der Waals surface area contributed by atoms with Crippen LogP contribution in [0.25, 0.3) is 0 Å². The van der Waals surface area contributed by atoms with Gasteiger partial charge in [-0.3, -0.25) is 9.59 Å². The SMILES string of the molecule is CC(C)(C)CN1C(=O)C(CC(=O)NCc2nnn[nH]2)OC(c2ccccc2Cl)c2cc(Cl)ccc21. The average molecular weight is 517 g/mol. The van der Waals surface area contributed by atoms with Gasteiger partial charge in [-0.2, -0.15) is 0 Å². The fourth-order valence-electron chi connectivity index (χ4n) is 3.95. The number of rotatable bonds is 6. The largest absolute Gasteiger partial charge is 0.355 e. The Morgan fingerprint density at radius 2 is 1.94 bits per heavy atom. The van der Waals surface area contributed by atoms with Crippen molar-refractivity contribution >= 4 is 40.7 Å². The van der Waals surface area contributed by atoms with Crippen molar-refractivity contribution in [1.29, 1.82) is 0 Å². The van der Waals surface area contributed by atoms with Crippen molar-refractivity contribution < 1.29 is 14.3 Å². The van der Waals surface area contributed by atoms with Crippen LogP contribution in [0.3, 0.4) is 0 Å². The number of hydrogen-bond donors (Lipinski definition) is 2. The van der Waals surface area contributed by atoms with Gasteiger partial charge in [0, 0.05) is 33.4 Å². The molecule has 2 amide bonds. The van der Waals surface area contributed by atoms with E-state index in [0.717, 1.165) is 0 Å². The van der Waals surface area contributed by atoms with E-state index >= 15 is 0 Å². The van der Waals surface area contributed by atoms with E-state index in [1.165, 1.54) is 0 Å². The molecule has 9 nitrogen and oxygen atoms in total. The van der Waals surface area contributed by atoms with Gasteiger partial charge in [-0.15, -0.1) is 5.10 Å². The highest BCUT2D eigenvalue weighted by Crippen LogP contribution is 2.42. The maximum Gasteiger partial charge on any atom is 0.256 e. The average Bonchev–Trinajstić information content (AvgIpc) is 3.29. The van der Waals surface area contributed by atoms with Crippen LogP contribution in [-0.4, -0.2) is 45.1 Å². The number of aromatic amines is 1. The summed E-state index contributed by atoms with van der Waals surface area (Å²) in [5.41, 5.74) is 1.85. The van der Waals surface area contributed by atoms with E-state index in [1.807, 2.05) is 45.0 Å². The summed E-state index contributed by atoms with van der Waals surface area (Å²) in [7, 11) is 0. The van der Waals surface area contributed by atoms with Crippen LogP contribution in [0.5, 0.6) is 0 Å². The topological polar surface area (TPSA) is 113 Å². The van der Waals surface area contributed by atoms with Crippen LogP contribution in [0.15, 0.2) is 42.5 Å². The molecule has 0 spiro atoms. The van der Waals surface area contributed by atoms with Crippen molar-refractivity contribution in [3.8, 4) is 0 Å². The first-order valence-electron chi connectivity index (χ1n) is 11.1. The highest BCUT2D eigenvalue weighted by molar-refractivity contribution is 6.31. The highest BCUT2D eigenvalue weighted by atomic mass is 35.5. The molecule has 2 heterocycles. The molecule has 11 heteroatoms. The zero-order valence-corrected chi connectivity index (χ0v) is 21.1. The van der Waals surface area contributed by atoms with Crippen LogP contribution < -0.4 is 10.2 Å². The Kier molecular flexibility index (Phi) is 7.39. The summed E-state index contributed by atoms with van der Waals surface area (Å²) < 4.78 is 6.38. The number of fused-ring (bicyclic) bond motifs is 1. The number of halogens is 2. The summed E-state index contributed by atoms with van der Waals surface area (Å²) in [6, 6.07) is 12.6. The molecule has 2 N–H and O–H groups in total. The molecule has 0 aliphatic carbocycles. The maximum absolute atomic E-state index is 13.8. The third-order valence-electron chi connectivity index (χ3n) is 5.44. The number of H-pyrrole nitrogens is 1. The van der Waals surface area contributed by atoms with Crippen LogP contribution in [0.2, 0.25) is 10.0 Å². The second-order valence-corrected chi connectivity index (χ2v) is 10.4. The third-order valence-corrected chi connectivity index (χ3v) is 6.02. The normalized spacial score (nSPS) is 18.2. The predicted molar refractivity (Wildman–Crippen MR) is 132 cm³/mol. The van der Waals surface area contributed by atoms with Gasteiger partial charge in [-0.25, -0.2) is 5.10 Å². The van der Waals surface area contributed by atoms with Gasteiger partial charge in [0.25, 0.3) is 5.91 Å². The minimum Gasteiger partial charge on any atom is -0.355 e. The number of amides is 2. The van der Waals surface area contributed by atoms with Crippen LogP contribution in [-0.2, 0) is 20.9 Å². The van der Waals surface area contributed by atoms with Crippen molar-refractivity contribution in [2.24, 2.45) is 5.41 Å². The lowest BCUT2D eigenvalue weighted by molar-refractivity contribution is -0.138. The first-order valence-corrected chi connectivity index (χ1v) is 11.9. The molecule has 2 atom stereocenters. The Labute approximate surface area is 213 Å². The number of tetrazole rings is 1. The van der Waals surface area contributed by atoms with Crippen LogP contribution >= 0.6 is 23.2 Å². The number of carbonyl (C=O) groups excluding carboxylic acids is 2. The van der Waals surface area contributed by atoms with Gasteiger partial charge in [0.1, 0.15) is 12.2 Å². The van der Waals surface area contributed by atoms with Gasteiger partial charge in [-0.05, 0) is 40.1 Å². The molecule has 4 rings (SSSR count). The van der Waals surface area contributed by atoms with Crippen molar-refractivity contribution in [2.75, 3.05) is 11.4 Å². The molecule has 0 saturated carbocycles. The maximum atomic E-state index is 13.8. The Balaban J connectivity index is 1.73. The minimum absolute atomic E-state index is 0.0994. The summed E-state index contributed by atoms with van der Waals surface area (Å²) in [5, 5.41) is 17.0. The number of nitrogens with one attached hydrogen (secondary N) is 2. The molecule has 0 bridgehead atoms. The fraction of sp³-hybridized carbons (Fsp3) is 0.375. The van der Waals surface area contributed by atoms with Crippen molar-refractivity contribution in [3.05, 3.63) is 69.5 Å². The van der Waals surface area contributed by atoms with Crippen LogP contribution in [0.4, 0.5) is 5.69 Å². The monoisotopic (exact) mass is 516 g/mol. The lowest BCUT2D eigenvalue weighted by atomic mass is 9.94. The van der Waals surface area contributed by atoms with E-state index < -0.39 is 12.2 Å². The molecule has 35 heavy (non-hydrogen) atoms. The van der Waals surface area contributed by atoms with E-state index in [-0.39, 0.29) is 30.2 Å². The third kappa shape index (κ3) is 5.98. The zero-order chi connectivity index (χ0) is 25.2. The molecule has 3 aromatic rings. The molecule has 2 unspecified atom stereocenters. The molecule has 0 saturated heterocycles. The molecule has 1 aliphatic rings. The van der Waals surface area contributed by atoms with Gasteiger partial charge < -0.3 is 15.0 Å². The van der Waals surface area contributed by atoms with Gasteiger partial charge in [-0.1, -0.05) is 62.2 Å².